The van der Waals surface area contributed by atoms with Crippen molar-refractivity contribution in [3.05, 3.63) is 18.2 Å². The SMILES string of the molecule is O=C(Nc1ccc2c(c1)OCCO2)C(=O)NC1CCCCC1. The number of ether oxygens (including phenoxy) is 2. The highest BCUT2D eigenvalue weighted by atomic mass is 16.6. The smallest absolute Gasteiger partial charge is 0.313 e. The number of carbonyl (C=O) groups is 2. The molecular weight excluding hydrogens is 284 g/mol. The Balaban J connectivity index is 1.57. The molecule has 6 nitrogen and oxygen atoms in total. The van der Waals surface area contributed by atoms with E-state index in [0.29, 0.717) is 30.4 Å². The highest BCUT2D eigenvalue weighted by molar-refractivity contribution is 6.39. The molecule has 1 aromatic rings. The molecule has 1 aliphatic heterocycles. The Morgan fingerprint density at radius 2 is 1.68 bits per heavy atom. The molecule has 0 saturated heterocycles. The van der Waals surface area contributed by atoms with Gasteiger partial charge in [0.05, 0.1) is 0 Å². The minimum atomic E-state index is -0.651. The third-order valence-corrected chi connectivity index (χ3v) is 3.95. The summed E-state index contributed by atoms with van der Waals surface area (Å²) in [6.45, 7) is 0.995. The van der Waals surface area contributed by atoms with Gasteiger partial charge in [-0.25, -0.2) is 0 Å². The Hall–Kier alpha value is -2.24. The van der Waals surface area contributed by atoms with E-state index in [4.69, 9.17) is 9.47 Å². The molecule has 0 aromatic heterocycles. The highest BCUT2D eigenvalue weighted by Gasteiger charge is 2.21. The molecule has 0 radical (unpaired) electrons. The molecule has 1 saturated carbocycles. The van der Waals surface area contributed by atoms with Crippen LogP contribution in [0.5, 0.6) is 11.5 Å². The Kier molecular flexibility index (Phi) is 4.46. The summed E-state index contributed by atoms with van der Waals surface area (Å²) in [4.78, 5) is 23.9. The largest absolute Gasteiger partial charge is 0.486 e. The Labute approximate surface area is 129 Å². The molecule has 1 heterocycles. The summed E-state index contributed by atoms with van der Waals surface area (Å²) < 4.78 is 10.9. The van der Waals surface area contributed by atoms with Crippen LogP contribution in [0.1, 0.15) is 32.1 Å². The maximum Gasteiger partial charge on any atom is 0.313 e. The highest BCUT2D eigenvalue weighted by Crippen LogP contribution is 2.32. The van der Waals surface area contributed by atoms with Crippen LogP contribution in [0.3, 0.4) is 0 Å². The van der Waals surface area contributed by atoms with Crippen molar-refractivity contribution in [1.29, 1.82) is 0 Å². The zero-order valence-corrected chi connectivity index (χ0v) is 12.4. The first-order chi connectivity index (χ1) is 10.7. The third-order valence-electron chi connectivity index (χ3n) is 3.95. The van der Waals surface area contributed by atoms with Crippen molar-refractivity contribution in [3.63, 3.8) is 0 Å². The predicted octanol–water partition coefficient (Wildman–Crippen LogP) is 1.85. The molecule has 22 heavy (non-hydrogen) atoms. The molecule has 1 aliphatic carbocycles. The van der Waals surface area contributed by atoms with Crippen molar-refractivity contribution in [2.45, 2.75) is 38.1 Å². The van der Waals surface area contributed by atoms with E-state index in [0.717, 1.165) is 25.7 Å². The van der Waals surface area contributed by atoms with Crippen molar-refractivity contribution < 1.29 is 19.1 Å². The number of nitrogens with one attached hydrogen (secondary N) is 2. The van der Waals surface area contributed by atoms with Gasteiger partial charge in [-0.1, -0.05) is 19.3 Å². The zero-order valence-electron chi connectivity index (χ0n) is 12.4. The molecule has 1 fully saturated rings. The van der Waals surface area contributed by atoms with Gasteiger partial charge in [0.25, 0.3) is 0 Å². The second-order valence-electron chi connectivity index (χ2n) is 5.62. The van der Waals surface area contributed by atoms with Crippen molar-refractivity contribution in [2.24, 2.45) is 0 Å². The van der Waals surface area contributed by atoms with Crippen LogP contribution < -0.4 is 20.1 Å². The summed E-state index contributed by atoms with van der Waals surface area (Å²) in [5, 5.41) is 5.39. The van der Waals surface area contributed by atoms with E-state index >= 15 is 0 Å². The van der Waals surface area contributed by atoms with Crippen LogP contribution >= 0.6 is 0 Å². The van der Waals surface area contributed by atoms with Crippen LogP contribution in [0.2, 0.25) is 0 Å². The normalized spacial score (nSPS) is 17.6. The van der Waals surface area contributed by atoms with Crippen molar-refractivity contribution in [3.8, 4) is 11.5 Å². The van der Waals surface area contributed by atoms with Gasteiger partial charge in [-0.2, -0.15) is 0 Å². The van der Waals surface area contributed by atoms with Crippen LogP contribution in [0.4, 0.5) is 5.69 Å². The number of anilines is 1. The van der Waals surface area contributed by atoms with E-state index < -0.39 is 11.8 Å². The average molecular weight is 304 g/mol. The maximum atomic E-state index is 12.0. The molecule has 0 bridgehead atoms. The summed E-state index contributed by atoms with van der Waals surface area (Å²) in [6.07, 6.45) is 5.31. The molecule has 6 heteroatoms. The van der Waals surface area contributed by atoms with E-state index in [2.05, 4.69) is 10.6 Å². The van der Waals surface area contributed by atoms with E-state index in [1.807, 2.05) is 0 Å². The summed E-state index contributed by atoms with van der Waals surface area (Å²) >= 11 is 0. The molecule has 0 unspecified atom stereocenters. The summed E-state index contributed by atoms with van der Waals surface area (Å²) in [6, 6.07) is 5.20. The van der Waals surface area contributed by atoms with Gasteiger partial charge in [0, 0.05) is 17.8 Å². The number of rotatable bonds is 2. The molecule has 0 atom stereocenters. The third kappa shape index (κ3) is 3.50. The van der Waals surface area contributed by atoms with Gasteiger partial charge in [0.15, 0.2) is 11.5 Å². The van der Waals surface area contributed by atoms with Crippen LogP contribution in [0.25, 0.3) is 0 Å². The molecule has 2 amide bonds. The van der Waals surface area contributed by atoms with E-state index in [1.54, 1.807) is 18.2 Å². The van der Waals surface area contributed by atoms with Crippen LogP contribution in [0, 0.1) is 0 Å². The molecule has 118 valence electrons. The predicted molar refractivity (Wildman–Crippen MR) is 81.1 cm³/mol. The quantitative estimate of drug-likeness (QED) is 0.818. The van der Waals surface area contributed by atoms with Gasteiger partial charge in [-0.3, -0.25) is 9.59 Å². The number of benzene rings is 1. The number of amides is 2. The summed E-state index contributed by atoms with van der Waals surface area (Å²) in [5.74, 6) is -0.00307. The molecule has 2 N–H and O–H groups in total. The first kappa shape index (κ1) is 14.7. The van der Waals surface area contributed by atoms with Crippen molar-refractivity contribution in [2.75, 3.05) is 18.5 Å². The fourth-order valence-corrected chi connectivity index (χ4v) is 2.81. The van der Waals surface area contributed by atoms with Crippen molar-refractivity contribution >= 4 is 17.5 Å². The Morgan fingerprint density at radius 3 is 2.45 bits per heavy atom. The van der Waals surface area contributed by atoms with E-state index in [-0.39, 0.29) is 6.04 Å². The van der Waals surface area contributed by atoms with Gasteiger partial charge in [-0.05, 0) is 25.0 Å². The maximum absolute atomic E-state index is 12.0. The average Bonchev–Trinajstić information content (AvgIpc) is 2.55. The lowest BCUT2D eigenvalue weighted by Crippen LogP contribution is -2.42. The summed E-state index contributed by atoms with van der Waals surface area (Å²) in [5.41, 5.74) is 0.521. The van der Waals surface area contributed by atoms with Gasteiger partial charge in [0.1, 0.15) is 13.2 Å². The number of hydrogen-bond donors (Lipinski definition) is 2. The topological polar surface area (TPSA) is 76.7 Å². The monoisotopic (exact) mass is 304 g/mol. The second-order valence-corrected chi connectivity index (χ2v) is 5.62. The molecule has 1 aromatic carbocycles. The zero-order chi connectivity index (χ0) is 15.4. The molecule has 3 rings (SSSR count). The van der Waals surface area contributed by atoms with Gasteiger partial charge in [0.2, 0.25) is 0 Å². The van der Waals surface area contributed by atoms with Crippen LogP contribution in [-0.4, -0.2) is 31.1 Å². The molecular formula is C16H20N2O4. The Morgan fingerprint density at radius 1 is 0.955 bits per heavy atom. The number of fused-ring (bicyclic) bond motifs is 1. The molecule has 0 spiro atoms. The lowest BCUT2D eigenvalue weighted by atomic mass is 9.95. The van der Waals surface area contributed by atoms with Crippen LogP contribution in [0.15, 0.2) is 18.2 Å². The summed E-state index contributed by atoms with van der Waals surface area (Å²) in [7, 11) is 0. The number of carbonyl (C=O) groups excluding carboxylic acids is 2. The van der Waals surface area contributed by atoms with Gasteiger partial charge in [-0.15, -0.1) is 0 Å². The van der Waals surface area contributed by atoms with Crippen LogP contribution in [-0.2, 0) is 9.59 Å². The van der Waals surface area contributed by atoms with E-state index in [9.17, 15) is 9.59 Å². The Bertz CT molecular complexity index is 567. The lowest BCUT2D eigenvalue weighted by molar-refractivity contribution is -0.136. The molecule has 2 aliphatic rings. The standard InChI is InChI=1S/C16H20N2O4/c19-15(17-11-4-2-1-3-5-11)16(20)18-12-6-7-13-14(10-12)22-9-8-21-13/h6-7,10-11H,1-5,8-9H2,(H,17,19)(H,18,20). The lowest BCUT2D eigenvalue weighted by Gasteiger charge is -2.22. The number of hydrogen-bond acceptors (Lipinski definition) is 4. The fourth-order valence-electron chi connectivity index (χ4n) is 2.81. The second kappa shape index (κ2) is 6.68. The minimum absolute atomic E-state index is 0.118. The van der Waals surface area contributed by atoms with E-state index in [1.165, 1.54) is 6.42 Å². The first-order valence-corrected chi connectivity index (χ1v) is 7.74. The van der Waals surface area contributed by atoms with Gasteiger partial charge < -0.3 is 20.1 Å². The minimum Gasteiger partial charge on any atom is -0.486 e. The van der Waals surface area contributed by atoms with Crippen molar-refractivity contribution in [1.82, 2.24) is 5.32 Å². The fraction of sp³-hybridized carbons (Fsp3) is 0.500. The first-order valence-electron chi connectivity index (χ1n) is 7.74. The van der Waals surface area contributed by atoms with Gasteiger partial charge >= 0.3 is 11.8 Å².